The Bertz CT molecular complexity index is 626. The number of hydrogen-bond acceptors (Lipinski definition) is 3. The van der Waals surface area contributed by atoms with Crippen LogP contribution in [0.2, 0.25) is 0 Å². The summed E-state index contributed by atoms with van der Waals surface area (Å²) >= 11 is 3.36. The lowest BCUT2D eigenvalue weighted by Crippen LogP contribution is -1.95. The lowest BCUT2D eigenvalue weighted by molar-refractivity contribution is -0.385. The minimum absolute atomic E-state index is 0.283. The summed E-state index contributed by atoms with van der Waals surface area (Å²) in [4.78, 5) is 10.0. The molecule has 0 aliphatic heterocycles. The topological polar surface area (TPSA) is 55.2 Å². The molecule has 0 bridgehead atoms. The van der Waals surface area contributed by atoms with Crippen LogP contribution in [-0.2, 0) is 0 Å². The van der Waals surface area contributed by atoms with Crippen molar-refractivity contribution in [1.29, 1.82) is 0 Å². The van der Waals surface area contributed by atoms with E-state index < -0.39 is 10.7 Å². The summed E-state index contributed by atoms with van der Waals surface area (Å²) < 4.78 is 14.2. The van der Waals surface area contributed by atoms with Crippen LogP contribution in [0.25, 0.3) is 0 Å². The van der Waals surface area contributed by atoms with Gasteiger partial charge < -0.3 is 5.32 Å². The van der Waals surface area contributed by atoms with Gasteiger partial charge in [0.05, 0.1) is 11.0 Å². The Labute approximate surface area is 117 Å². The standard InChI is InChI=1S/C13H10BrFN2O2/c1-8-2-9(14)4-11(3-8)16-12-5-10(15)6-13(7-12)17(18)19/h2-7,16H,1H3. The summed E-state index contributed by atoms with van der Waals surface area (Å²) in [6, 6.07) is 8.99. The zero-order chi connectivity index (χ0) is 14.0. The maximum Gasteiger partial charge on any atom is 0.274 e. The van der Waals surface area contributed by atoms with Crippen molar-refractivity contribution in [1.82, 2.24) is 0 Å². The van der Waals surface area contributed by atoms with E-state index in [2.05, 4.69) is 21.2 Å². The maximum atomic E-state index is 13.3. The molecule has 6 heteroatoms. The molecule has 0 saturated heterocycles. The van der Waals surface area contributed by atoms with E-state index in [-0.39, 0.29) is 5.69 Å². The summed E-state index contributed by atoms with van der Waals surface area (Å²) in [5, 5.41) is 13.6. The third-order valence-corrected chi connectivity index (χ3v) is 2.88. The van der Waals surface area contributed by atoms with Crippen LogP contribution in [0.3, 0.4) is 0 Å². The van der Waals surface area contributed by atoms with Gasteiger partial charge in [0.15, 0.2) is 0 Å². The summed E-state index contributed by atoms with van der Waals surface area (Å²) in [5.41, 5.74) is 1.80. The molecule has 0 saturated carbocycles. The molecule has 19 heavy (non-hydrogen) atoms. The minimum Gasteiger partial charge on any atom is -0.355 e. The van der Waals surface area contributed by atoms with Gasteiger partial charge in [-0.05, 0) is 36.8 Å². The van der Waals surface area contributed by atoms with Crippen molar-refractivity contribution < 1.29 is 9.31 Å². The summed E-state index contributed by atoms with van der Waals surface area (Å²) in [6.45, 7) is 1.92. The molecule has 2 aromatic carbocycles. The molecule has 1 N–H and O–H groups in total. The molecule has 0 aliphatic rings. The summed E-state index contributed by atoms with van der Waals surface area (Å²) in [6.07, 6.45) is 0. The van der Waals surface area contributed by atoms with Crippen LogP contribution in [-0.4, -0.2) is 4.92 Å². The number of nitro benzene ring substituents is 1. The fraction of sp³-hybridized carbons (Fsp3) is 0.0769. The van der Waals surface area contributed by atoms with Crippen molar-refractivity contribution in [2.75, 3.05) is 5.32 Å². The molecule has 2 aromatic rings. The van der Waals surface area contributed by atoms with Crippen molar-refractivity contribution in [2.45, 2.75) is 6.92 Å². The van der Waals surface area contributed by atoms with Gasteiger partial charge in [-0.3, -0.25) is 10.1 Å². The Hall–Kier alpha value is -1.95. The molecule has 0 unspecified atom stereocenters. The lowest BCUT2D eigenvalue weighted by Gasteiger charge is -2.08. The fourth-order valence-electron chi connectivity index (χ4n) is 1.73. The molecule has 98 valence electrons. The van der Waals surface area contributed by atoms with Crippen molar-refractivity contribution >= 4 is 33.0 Å². The predicted molar refractivity (Wildman–Crippen MR) is 75.2 cm³/mol. The quantitative estimate of drug-likeness (QED) is 0.665. The average Bonchev–Trinajstić information content (AvgIpc) is 2.26. The normalized spacial score (nSPS) is 10.3. The van der Waals surface area contributed by atoms with Gasteiger partial charge in [-0.25, -0.2) is 4.39 Å². The Balaban J connectivity index is 2.35. The lowest BCUT2D eigenvalue weighted by atomic mass is 10.2. The molecule has 0 radical (unpaired) electrons. The largest absolute Gasteiger partial charge is 0.355 e. The first kappa shape index (κ1) is 13.5. The molecule has 0 atom stereocenters. The van der Waals surface area contributed by atoms with Crippen molar-refractivity contribution in [3.05, 3.63) is 62.4 Å². The number of nitrogens with zero attached hydrogens (tertiary/aromatic N) is 1. The second-order valence-electron chi connectivity index (χ2n) is 4.10. The molecule has 0 heterocycles. The highest BCUT2D eigenvalue weighted by Gasteiger charge is 2.10. The average molecular weight is 325 g/mol. The van der Waals surface area contributed by atoms with Crippen LogP contribution >= 0.6 is 15.9 Å². The Morgan fingerprint density at radius 2 is 1.84 bits per heavy atom. The number of nitrogens with one attached hydrogen (secondary N) is 1. The molecule has 0 spiro atoms. The molecular weight excluding hydrogens is 315 g/mol. The first-order valence-corrected chi connectivity index (χ1v) is 6.22. The maximum absolute atomic E-state index is 13.3. The molecule has 0 amide bonds. The second kappa shape index (κ2) is 5.36. The molecule has 0 fully saturated rings. The van der Waals surface area contributed by atoms with Crippen molar-refractivity contribution in [3.63, 3.8) is 0 Å². The highest BCUT2D eigenvalue weighted by atomic mass is 79.9. The van der Waals surface area contributed by atoms with Crippen LogP contribution in [0.1, 0.15) is 5.56 Å². The molecule has 2 rings (SSSR count). The van der Waals surface area contributed by atoms with E-state index in [0.29, 0.717) is 5.69 Å². The van der Waals surface area contributed by atoms with Gasteiger partial charge in [0.1, 0.15) is 5.82 Å². The zero-order valence-electron chi connectivity index (χ0n) is 9.98. The number of non-ortho nitro benzene ring substituents is 1. The zero-order valence-corrected chi connectivity index (χ0v) is 11.6. The number of hydrogen-bond donors (Lipinski definition) is 1. The summed E-state index contributed by atoms with van der Waals surface area (Å²) in [7, 11) is 0. The van der Waals surface area contributed by atoms with Crippen LogP contribution in [0.5, 0.6) is 0 Å². The van der Waals surface area contributed by atoms with Gasteiger partial charge in [-0.15, -0.1) is 0 Å². The minimum atomic E-state index is -0.650. The van der Waals surface area contributed by atoms with E-state index in [1.54, 1.807) is 0 Å². The third kappa shape index (κ3) is 3.51. The Kier molecular flexibility index (Phi) is 3.80. The first-order valence-electron chi connectivity index (χ1n) is 5.43. The first-order chi connectivity index (χ1) is 8.94. The predicted octanol–water partition coefficient (Wildman–Crippen LogP) is 4.55. The molecule has 0 aliphatic carbocycles. The van der Waals surface area contributed by atoms with E-state index in [4.69, 9.17) is 0 Å². The Morgan fingerprint density at radius 3 is 2.47 bits per heavy atom. The van der Waals surface area contributed by atoms with E-state index >= 15 is 0 Å². The van der Waals surface area contributed by atoms with E-state index in [1.807, 2.05) is 25.1 Å². The Morgan fingerprint density at radius 1 is 1.16 bits per heavy atom. The SMILES string of the molecule is Cc1cc(Br)cc(Nc2cc(F)cc([N+](=O)[O-])c2)c1. The van der Waals surface area contributed by atoms with Crippen LogP contribution < -0.4 is 5.32 Å². The molecular formula is C13H10BrFN2O2. The van der Waals surface area contributed by atoms with Crippen LogP contribution in [0.15, 0.2) is 40.9 Å². The van der Waals surface area contributed by atoms with Gasteiger partial charge in [0.2, 0.25) is 0 Å². The van der Waals surface area contributed by atoms with Crippen LogP contribution in [0, 0.1) is 22.9 Å². The smallest absolute Gasteiger partial charge is 0.274 e. The third-order valence-electron chi connectivity index (χ3n) is 2.42. The number of aryl methyl sites for hydroxylation is 1. The number of anilines is 2. The number of halogens is 2. The van der Waals surface area contributed by atoms with Crippen molar-refractivity contribution in [2.24, 2.45) is 0 Å². The van der Waals surface area contributed by atoms with Gasteiger partial charge in [0.25, 0.3) is 5.69 Å². The second-order valence-corrected chi connectivity index (χ2v) is 5.01. The van der Waals surface area contributed by atoms with Crippen molar-refractivity contribution in [3.8, 4) is 0 Å². The van der Waals surface area contributed by atoms with Gasteiger partial charge >= 0.3 is 0 Å². The van der Waals surface area contributed by atoms with E-state index in [0.717, 1.165) is 21.8 Å². The van der Waals surface area contributed by atoms with Gasteiger partial charge in [-0.1, -0.05) is 15.9 Å². The number of benzene rings is 2. The highest BCUT2D eigenvalue weighted by Crippen LogP contribution is 2.26. The monoisotopic (exact) mass is 324 g/mol. The van der Waals surface area contributed by atoms with E-state index in [9.17, 15) is 14.5 Å². The van der Waals surface area contributed by atoms with Crippen LogP contribution in [0.4, 0.5) is 21.5 Å². The van der Waals surface area contributed by atoms with Gasteiger partial charge in [-0.2, -0.15) is 0 Å². The number of nitro groups is 1. The van der Waals surface area contributed by atoms with Gasteiger partial charge in [0, 0.05) is 21.9 Å². The summed E-state index contributed by atoms with van der Waals surface area (Å²) in [5.74, 6) is -0.650. The molecule has 4 nitrogen and oxygen atoms in total. The molecule has 0 aromatic heterocycles. The fourth-order valence-corrected chi connectivity index (χ4v) is 2.33. The van der Waals surface area contributed by atoms with E-state index in [1.165, 1.54) is 12.1 Å². The highest BCUT2D eigenvalue weighted by molar-refractivity contribution is 9.10. The number of rotatable bonds is 3.